The van der Waals surface area contributed by atoms with Crippen LogP contribution in [0.25, 0.3) is 0 Å². The Morgan fingerprint density at radius 2 is 1.75 bits per heavy atom. The zero-order chi connectivity index (χ0) is 12.6. The Morgan fingerprint density at radius 1 is 1.25 bits per heavy atom. The molecule has 1 rings (SSSR count). The van der Waals surface area contributed by atoms with Crippen molar-refractivity contribution in [1.29, 1.82) is 0 Å². The van der Waals surface area contributed by atoms with Crippen molar-refractivity contribution in [2.24, 2.45) is 0 Å². The maximum absolute atomic E-state index is 11.4. The van der Waals surface area contributed by atoms with Crippen LogP contribution in [0, 0.1) is 0 Å². The van der Waals surface area contributed by atoms with Crippen LogP contribution in [0.15, 0.2) is 11.4 Å². The van der Waals surface area contributed by atoms with Crippen molar-refractivity contribution >= 4 is 11.8 Å². The van der Waals surface area contributed by atoms with E-state index >= 15 is 0 Å². The third-order valence-electron chi connectivity index (χ3n) is 3.10. The van der Waals surface area contributed by atoms with Crippen LogP contribution in [0.4, 0.5) is 0 Å². The van der Waals surface area contributed by atoms with Gasteiger partial charge in [-0.3, -0.25) is 0 Å². The predicted molar refractivity (Wildman–Crippen MR) is 62.5 cm³/mol. The Kier molecular flexibility index (Phi) is 3.53. The van der Waals surface area contributed by atoms with Gasteiger partial charge in [-0.2, -0.15) is 0 Å². The van der Waals surface area contributed by atoms with Gasteiger partial charge < -0.3 is 5.11 Å². The summed E-state index contributed by atoms with van der Waals surface area (Å²) in [5.74, 6) is -0.367. The minimum atomic E-state index is -0.825. The summed E-state index contributed by atoms with van der Waals surface area (Å²) in [6, 6.07) is 0.419. The quantitative estimate of drug-likeness (QED) is 0.686. The molecule has 1 unspecified atom stereocenters. The maximum Gasteiger partial charge on any atom is 0.462 e. The van der Waals surface area contributed by atoms with Crippen LogP contribution in [0.5, 0.6) is 0 Å². The zero-order valence-electron chi connectivity index (χ0n) is 11.0. The maximum atomic E-state index is 11.4. The fourth-order valence-electron chi connectivity index (χ4n) is 2.42. The van der Waals surface area contributed by atoms with E-state index in [9.17, 15) is 9.90 Å². The van der Waals surface area contributed by atoms with Gasteiger partial charge in [0.25, 0.3) is 0 Å². The molecule has 2 N–H and O–H groups in total. The molecular weight excluding hydrogens is 204 g/mol. The highest BCUT2D eigenvalue weighted by Crippen LogP contribution is 2.10. The summed E-state index contributed by atoms with van der Waals surface area (Å²) in [5, 5.41) is 9.36. The van der Waals surface area contributed by atoms with Crippen molar-refractivity contribution in [2.75, 3.05) is 0 Å². The highest BCUT2D eigenvalue weighted by molar-refractivity contribution is 6.28. The van der Waals surface area contributed by atoms with E-state index in [0.29, 0.717) is 5.84 Å². The van der Waals surface area contributed by atoms with E-state index in [1.165, 1.54) is 0 Å². The number of amidine groups is 1. The minimum Gasteiger partial charge on any atom is -0.469 e. The summed E-state index contributed by atoms with van der Waals surface area (Å²) < 4.78 is 1.92. The van der Waals surface area contributed by atoms with Crippen molar-refractivity contribution in [1.82, 2.24) is 0 Å². The first-order valence-corrected chi connectivity index (χ1v) is 5.73. The standard InChI is InChI=1S/C12H20N2O2/c1-7(2)13-9(5)10(6)14(8(3)4)11(13)12(15)16/h7-8H,1-6H3/p+2. The normalized spacial score (nSPS) is 21.6. The summed E-state index contributed by atoms with van der Waals surface area (Å²) in [6.45, 7) is 12.1. The topological polar surface area (TPSA) is 44.8 Å². The van der Waals surface area contributed by atoms with Crippen molar-refractivity contribution in [3.8, 4) is 0 Å². The van der Waals surface area contributed by atoms with Crippen LogP contribution in [-0.2, 0) is 4.79 Å². The second kappa shape index (κ2) is 4.37. The third kappa shape index (κ3) is 1.89. The highest BCUT2D eigenvalue weighted by atomic mass is 16.4. The molecule has 1 aliphatic heterocycles. The lowest BCUT2D eigenvalue weighted by Crippen LogP contribution is -3.16. The lowest BCUT2D eigenvalue weighted by atomic mass is 10.2. The highest BCUT2D eigenvalue weighted by Gasteiger charge is 2.48. The second-order valence-electron chi connectivity index (χ2n) is 4.90. The van der Waals surface area contributed by atoms with Gasteiger partial charge in [-0.15, -0.1) is 4.58 Å². The fraction of sp³-hybridized carbons (Fsp3) is 0.667. The van der Waals surface area contributed by atoms with E-state index in [1.807, 2.05) is 46.1 Å². The first-order chi connectivity index (χ1) is 7.29. The SMILES string of the molecule is CC1=C(C)[NH+](C(C)C)C(C(=O)O)=[N+]1C(C)C. The number of quaternary nitrogens is 1. The van der Waals surface area contributed by atoms with Crippen LogP contribution < -0.4 is 4.90 Å². The lowest BCUT2D eigenvalue weighted by Gasteiger charge is -2.14. The van der Waals surface area contributed by atoms with E-state index < -0.39 is 5.97 Å². The molecule has 90 valence electrons. The van der Waals surface area contributed by atoms with Gasteiger partial charge in [-0.05, 0) is 27.7 Å². The Labute approximate surface area is 96.9 Å². The Hall–Kier alpha value is -1.16. The first-order valence-electron chi connectivity index (χ1n) is 5.73. The number of carboxylic acid groups (broad SMARTS) is 1. The molecule has 0 saturated heterocycles. The van der Waals surface area contributed by atoms with Gasteiger partial charge in [-0.25, -0.2) is 9.69 Å². The van der Waals surface area contributed by atoms with E-state index in [2.05, 4.69) is 0 Å². The molecule has 1 aliphatic rings. The Balaban J connectivity index is 3.38. The summed E-state index contributed by atoms with van der Waals surface area (Å²) in [6.07, 6.45) is 0. The van der Waals surface area contributed by atoms with Crippen LogP contribution in [0.3, 0.4) is 0 Å². The molecule has 0 radical (unpaired) electrons. The van der Waals surface area contributed by atoms with Crippen molar-refractivity contribution in [3.05, 3.63) is 11.4 Å². The largest absolute Gasteiger partial charge is 0.469 e. The number of nitrogens with one attached hydrogen (secondary N) is 1. The molecule has 16 heavy (non-hydrogen) atoms. The van der Waals surface area contributed by atoms with E-state index in [-0.39, 0.29) is 12.1 Å². The summed E-state index contributed by atoms with van der Waals surface area (Å²) in [4.78, 5) is 12.4. The number of allylic oxidation sites excluding steroid dienone is 2. The van der Waals surface area contributed by atoms with E-state index in [1.54, 1.807) is 0 Å². The van der Waals surface area contributed by atoms with Gasteiger partial charge in [0.05, 0.1) is 6.04 Å². The molecule has 0 fully saturated rings. The van der Waals surface area contributed by atoms with Crippen LogP contribution >= 0.6 is 0 Å². The molecule has 4 heteroatoms. The number of nitrogens with zero attached hydrogens (tertiary/aromatic N) is 1. The van der Waals surface area contributed by atoms with Gasteiger partial charge in [0.15, 0.2) is 11.7 Å². The fourth-order valence-corrected chi connectivity index (χ4v) is 2.42. The third-order valence-corrected chi connectivity index (χ3v) is 3.10. The molecule has 0 spiro atoms. The Bertz CT molecular complexity index is 378. The van der Waals surface area contributed by atoms with Crippen LogP contribution in [0.2, 0.25) is 0 Å². The number of hydrogen-bond donors (Lipinski definition) is 2. The van der Waals surface area contributed by atoms with Gasteiger partial charge in [0, 0.05) is 13.8 Å². The summed E-state index contributed by atoms with van der Waals surface area (Å²) >= 11 is 0. The molecule has 0 aromatic rings. The number of rotatable bonds is 3. The van der Waals surface area contributed by atoms with Gasteiger partial charge in [0.2, 0.25) is 5.70 Å². The molecular formula is C12H22N2O2+2. The molecule has 0 saturated carbocycles. The summed E-state index contributed by atoms with van der Waals surface area (Å²) in [5.41, 5.74) is 2.18. The monoisotopic (exact) mass is 226 g/mol. The minimum absolute atomic E-state index is 0.178. The van der Waals surface area contributed by atoms with Crippen molar-refractivity contribution < 1.29 is 19.4 Å². The average molecular weight is 226 g/mol. The van der Waals surface area contributed by atoms with Gasteiger partial charge in [-0.1, -0.05) is 0 Å². The molecule has 0 amide bonds. The van der Waals surface area contributed by atoms with E-state index in [0.717, 1.165) is 16.3 Å². The second-order valence-corrected chi connectivity index (χ2v) is 4.90. The van der Waals surface area contributed by atoms with Gasteiger partial charge >= 0.3 is 11.8 Å². The molecule has 4 nitrogen and oxygen atoms in total. The smallest absolute Gasteiger partial charge is 0.462 e. The average Bonchev–Trinajstić information content (AvgIpc) is 2.39. The molecule has 0 bridgehead atoms. The predicted octanol–water partition coefficient (Wildman–Crippen LogP) is 0.449. The van der Waals surface area contributed by atoms with Crippen molar-refractivity contribution in [2.45, 2.75) is 53.6 Å². The number of aliphatic carboxylic acids is 1. The lowest BCUT2D eigenvalue weighted by molar-refractivity contribution is -0.796. The number of carbonyl (C=O) groups is 1. The first kappa shape index (κ1) is 12.9. The molecule has 0 aromatic carbocycles. The number of carboxylic acids is 1. The summed E-state index contributed by atoms with van der Waals surface area (Å²) in [7, 11) is 0. The van der Waals surface area contributed by atoms with Crippen molar-refractivity contribution in [3.63, 3.8) is 0 Å². The van der Waals surface area contributed by atoms with E-state index in [4.69, 9.17) is 0 Å². The zero-order valence-corrected chi connectivity index (χ0v) is 11.0. The Morgan fingerprint density at radius 3 is 2.06 bits per heavy atom. The molecule has 0 aliphatic carbocycles. The van der Waals surface area contributed by atoms with Gasteiger partial charge in [0.1, 0.15) is 0 Å². The number of hydrogen-bond acceptors (Lipinski definition) is 1. The van der Waals surface area contributed by atoms with Crippen LogP contribution in [0.1, 0.15) is 41.5 Å². The molecule has 0 aromatic heterocycles. The van der Waals surface area contributed by atoms with Crippen LogP contribution in [-0.4, -0.2) is 33.6 Å². The molecule has 1 heterocycles. The molecule has 1 atom stereocenters.